The molecule has 1 aliphatic rings. The van der Waals surface area contributed by atoms with E-state index in [-0.39, 0.29) is 11.6 Å². The molecule has 4 rings (SSSR count). The van der Waals surface area contributed by atoms with Crippen molar-refractivity contribution in [1.29, 1.82) is 0 Å². The summed E-state index contributed by atoms with van der Waals surface area (Å²) in [5.41, 5.74) is 2.82. The molecule has 168 valence electrons. The van der Waals surface area contributed by atoms with Crippen molar-refractivity contribution in [1.82, 2.24) is 0 Å². The first-order valence-corrected chi connectivity index (χ1v) is 13.0. The lowest BCUT2D eigenvalue weighted by molar-refractivity contribution is -0.129. The second-order valence-corrected chi connectivity index (χ2v) is 10.1. The fraction of sp³-hybridized carbons (Fsp3) is 0.120. The molecule has 0 saturated heterocycles. The number of benzene rings is 3. The topological polar surface area (TPSA) is 57.1 Å². The molecule has 1 aliphatic heterocycles. The van der Waals surface area contributed by atoms with E-state index in [4.69, 9.17) is 14.2 Å². The molecule has 0 bridgehead atoms. The van der Waals surface area contributed by atoms with Gasteiger partial charge in [0.25, 0.3) is 0 Å². The second-order valence-electron chi connectivity index (χ2n) is 6.96. The first-order chi connectivity index (χ1) is 16.0. The van der Waals surface area contributed by atoms with Gasteiger partial charge in [-0.25, -0.2) is 9.79 Å². The molecule has 0 spiro atoms. The van der Waals surface area contributed by atoms with E-state index in [0.717, 1.165) is 28.3 Å². The smallest absolute Gasteiger partial charge is 0.363 e. The van der Waals surface area contributed by atoms with Crippen molar-refractivity contribution in [3.05, 3.63) is 94.7 Å². The monoisotopic (exact) mass is 729 g/mol. The van der Waals surface area contributed by atoms with Gasteiger partial charge in [-0.15, -0.1) is 0 Å². The predicted molar refractivity (Wildman–Crippen MR) is 149 cm³/mol. The normalized spacial score (nSPS) is 14.2. The van der Waals surface area contributed by atoms with Crippen LogP contribution in [0.1, 0.15) is 23.6 Å². The number of hydrogen-bond acceptors (Lipinski definition) is 5. The number of rotatable bonds is 7. The number of hydrogen-bond donors (Lipinski definition) is 0. The first-order valence-electron chi connectivity index (χ1n) is 10.1. The van der Waals surface area contributed by atoms with Crippen molar-refractivity contribution in [2.45, 2.75) is 13.5 Å². The lowest BCUT2D eigenvalue weighted by atomic mass is 10.1. The maximum Gasteiger partial charge on any atom is 0.363 e. The molecule has 0 atom stereocenters. The maximum absolute atomic E-state index is 12.4. The molecule has 0 radical (unpaired) electrons. The Balaban J connectivity index is 1.63. The van der Waals surface area contributed by atoms with Crippen LogP contribution >= 0.6 is 61.1 Å². The largest absolute Gasteiger partial charge is 0.490 e. The zero-order valence-corrected chi connectivity index (χ0v) is 23.4. The summed E-state index contributed by atoms with van der Waals surface area (Å²) in [6.45, 7) is 2.84. The number of carbonyl (C=O) groups excluding carboxylic acids is 1. The molecule has 0 fully saturated rings. The van der Waals surface area contributed by atoms with Gasteiger partial charge in [0.15, 0.2) is 17.2 Å². The van der Waals surface area contributed by atoms with Gasteiger partial charge in [-0.1, -0.05) is 30.3 Å². The fourth-order valence-corrected chi connectivity index (χ4v) is 4.94. The molecule has 0 unspecified atom stereocenters. The molecule has 3 aromatic carbocycles. The van der Waals surface area contributed by atoms with E-state index in [2.05, 4.69) is 66.1 Å². The van der Waals surface area contributed by atoms with E-state index >= 15 is 0 Å². The first kappa shape index (κ1) is 24.2. The quantitative estimate of drug-likeness (QED) is 0.150. The third kappa shape index (κ3) is 5.78. The summed E-state index contributed by atoms with van der Waals surface area (Å²) in [6.07, 6.45) is 1.70. The fourth-order valence-electron chi connectivity index (χ4n) is 3.16. The molecule has 0 aromatic heterocycles. The Morgan fingerprint density at radius 3 is 2.55 bits per heavy atom. The van der Waals surface area contributed by atoms with Crippen LogP contribution in [0.2, 0.25) is 0 Å². The Kier molecular flexibility index (Phi) is 8.07. The van der Waals surface area contributed by atoms with E-state index in [9.17, 15) is 4.79 Å². The summed E-state index contributed by atoms with van der Waals surface area (Å²) in [5.74, 6) is 1.07. The molecule has 0 aliphatic carbocycles. The summed E-state index contributed by atoms with van der Waals surface area (Å²) in [4.78, 5) is 16.9. The number of carbonyl (C=O) groups is 1. The average Bonchev–Trinajstić information content (AvgIpc) is 3.14. The molecular formula is C25H18BrI2NO4. The highest BCUT2D eigenvalue weighted by molar-refractivity contribution is 14.1. The van der Waals surface area contributed by atoms with Gasteiger partial charge in [0.1, 0.15) is 6.61 Å². The Morgan fingerprint density at radius 2 is 1.79 bits per heavy atom. The Hall–Kier alpha value is -1.92. The van der Waals surface area contributed by atoms with Crippen LogP contribution < -0.4 is 9.47 Å². The zero-order valence-electron chi connectivity index (χ0n) is 17.5. The molecule has 0 amide bonds. The van der Waals surface area contributed by atoms with Crippen LogP contribution in [0.3, 0.4) is 0 Å². The van der Waals surface area contributed by atoms with Gasteiger partial charge in [-0.2, -0.15) is 0 Å². The van der Waals surface area contributed by atoms with Crippen LogP contribution in [0.4, 0.5) is 0 Å². The van der Waals surface area contributed by atoms with Crippen LogP contribution in [0.5, 0.6) is 11.5 Å². The SMILES string of the molecule is CCOc1cc(/C=C2\N=C(c3ccccc3Br)OC2=O)cc(I)c1OCc1ccccc1I. The molecule has 8 heteroatoms. The van der Waals surface area contributed by atoms with Crippen LogP contribution in [-0.2, 0) is 16.1 Å². The molecular weight excluding hydrogens is 712 g/mol. The van der Waals surface area contributed by atoms with Gasteiger partial charge >= 0.3 is 5.97 Å². The zero-order chi connectivity index (χ0) is 23.4. The van der Waals surface area contributed by atoms with Gasteiger partial charge in [0.05, 0.1) is 15.7 Å². The Bertz CT molecular complexity index is 1270. The van der Waals surface area contributed by atoms with Gasteiger partial charge < -0.3 is 14.2 Å². The molecule has 3 aromatic rings. The molecule has 1 heterocycles. The number of esters is 1. The van der Waals surface area contributed by atoms with E-state index in [1.807, 2.05) is 67.6 Å². The van der Waals surface area contributed by atoms with Crippen molar-refractivity contribution in [3.63, 3.8) is 0 Å². The number of aliphatic imine (C=N–C) groups is 1. The van der Waals surface area contributed by atoms with E-state index < -0.39 is 5.97 Å². The van der Waals surface area contributed by atoms with Crippen molar-refractivity contribution in [2.75, 3.05) is 6.61 Å². The lowest BCUT2D eigenvalue weighted by Crippen LogP contribution is -2.06. The average molecular weight is 730 g/mol. The molecule has 5 nitrogen and oxygen atoms in total. The van der Waals surface area contributed by atoms with Crippen LogP contribution in [0.25, 0.3) is 6.08 Å². The van der Waals surface area contributed by atoms with Crippen LogP contribution in [-0.4, -0.2) is 18.5 Å². The summed E-state index contributed by atoms with van der Waals surface area (Å²) < 4.78 is 20.2. The molecule has 33 heavy (non-hydrogen) atoms. The number of nitrogens with zero attached hydrogens (tertiary/aromatic N) is 1. The van der Waals surface area contributed by atoms with Crippen LogP contribution in [0, 0.1) is 7.14 Å². The maximum atomic E-state index is 12.4. The molecule has 0 saturated carbocycles. The number of halogens is 3. The van der Waals surface area contributed by atoms with Crippen molar-refractivity contribution in [2.24, 2.45) is 4.99 Å². The Morgan fingerprint density at radius 1 is 1.03 bits per heavy atom. The third-order valence-electron chi connectivity index (χ3n) is 4.69. The molecule has 0 N–H and O–H groups in total. The van der Waals surface area contributed by atoms with E-state index in [1.165, 1.54) is 0 Å². The van der Waals surface area contributed by atoms with E-state index in [1.54, 1.807) is 6.08 Å². The summed E-state index contributed by atoms with van der Waals surface area (Å²) in [7, 11) is 0. The van der Waals surface area contributed by atoms with Crippen molar-refractivity contribution < 1.29 is 19.0 Å². The second kappa shape index (κ2) is 11.0. The van der Waals surface area contributed by atoms with Gasteiger partial charge in [0, 0.05) is 13.6 Å². The third-order valence-corrected chi connectivity index (χ3v) is 7.23. The minimum absolute atomic E-state index is 0.228. The summed E-state index contributed by atoms with van der Waals surface area (Å²) in [5, 5.41) is 0. The number of cyclic esters (lactones) is 1. The van der Waals surface area contributed by atoms with Crippen LogP contribution in [0.15, 0.2) is 75.8 Å². The highest BCUT2D eigenvalue weighted by Crippen LogP contribution is 2.36. The minimum atomic E-state index is -0.493. The predicted octanol–water partition coefficient (Wildman–Crippen LogP) is 6.98. The summed E-state index contributed by atoms with van der Waals surface area (Å²) >= 11 is 7.99. The lowest BCUT2D eigenvalue weighted by Gasteiger charge is -2.15. The van der Waals surface area contributed by atoms with Crippen molar-refractivity contribution >= 4 is 79.1 Å². The highest BCUT2D eigenvalue weighted by atomic mass is 127. The van der Waals surface area contributed by atoms with Crippen molar-refractivity contribution in [3.8, 4) is 11.5 Å². The van der Waals surface area contributed by atoms with Gasteiger partial charge in [-0.3, -0.25) is 0 Å². The Labute approximate surface area is 227 Å². The van der Waals surface area contributed by atoms with Gasteiger partial charge in [0.2, 0.25) is 5.90 Å². The van der Waals surface area contributed by atoms with E-state index in [0.29, 0.717) is 24.7 Å². The highest BCUT2D eigenvalue weighted by Gasteiger charge is 2.25. The summed E-state index contributed by atoms with van der Waals surface area (Å²) in [6, 6.07) is 19.3. The minimum Gasteiger partial charge on any atom is -0.490 e. The standard InChI is InChI=1S/C25H18BrI2NO4/c1-2-31-22-13-15(11-20(28)23(22)32-14-16-7-3-6-10-19(16)27)12-21-25(30)33-24(29-21)17-8-4-5-9-18(17)26/h3-13H,2,14H2,1H3/b21-12-. The van der Waals surface area contributed by atoms with Gasteiger partial charge in [-0.05, 0) is 110 Å². The number of ether oxygens (including phenoxy) is 3.